The summed E-state index contributed by atoms with van der Waals surface area (Å²) in [6.07, 6.45) is 1.74. The lowest BCUT2D eigenvalue weighted by atomic mass is 10.3. The van der Waals surface area contributed by atoms with Crippen LogP contribution in [-0.4, -0.2) is 21.5 Å². The maximum Gasteiger partial charge on any atom is 0.131 e. The molecule has 0 unspecified atom stereocenters. The molecule has 0 saturated heterocycles. The summed E-state index contributed by atoms with van der Waals surface area (Å²) in [5.41, 5.74) is 2.97. The first-order valence-electron chi connectivity index (χ1n) is 5.42. The van der Waals surface area contributed by atoms with Crippen LogP contribution in [0.25, 0.3) is 0 Å². The zero-order valence-corrected chi connectivity index (χ0v) is 11.9. The quantitative estimate of drug-likeness (QED) is 0.862. The number of rotatable bonds is 5. The third-order valence-electron chi connectivity index (χ3n) is 2.23. The van der Waals surface area contributed by atoms with Crippen molar-refractivity contribution in [1.82, 2.24) is 15.0 Å². The van der Waals surface area contributed by atoms with E-state index in [4.69, 9.17) is 0 Å². The molecule has 0 bridgehead atoms. The lowest BCUT2D eigenvalue weighted by molar-refractivity contribution is 0.910. The van der Waals surface area contributed by atoms with Crippen LogP contribution in [0.15, 0.2) is 21.6 Å². The van der Waals surface area contributed by atoms with Crippen molar-refractivity contribution < 1.29 is 0 Å². The van der Waals surface area contributed by atoms with Gasteiger partial charge < -0.3 is 5.32 Å². The molecule has 2 aromatic rings. The molecule has 0 aromatic carbocycles. The lowest BCUT2D eigenvalue weighted by Gasteiger charge is -2.06. The number of halogens is 1. The highest BCUT2D eigenvalue weighted by atomic mass is 79.9. The zero-order valence-electron chi connectivity index (χ0n) is 9.48. The van der Waals surface area contributed by atoms with Crippen molar-refractivity contribution >= 4 is 33.1 Å². The summed E-state index contributed by atoms with van der Waals surface area (Å²) in [4.78, 5) is 12.9. The fourth-order valence-corrected chi connectivity index (χ4v) is 2.41. The molecule has 0 saturated carbocycles. The summed E-state index contributed by atoms with van der Waals surface area (Å²) in [5, 5.41) is 5.35. The Kier molecular flexibility index (Phi) is 4.44. The molecule has 0 amide bonds. The molecule has 0 fully saturated rings. The van der Waals surface area contributed by atoms with Crippen molar-refractivity contribution in [3.05, 3.63) is 33.1 Å². The van der Waals surface area contributed by atoms with Crippen LogP contribution >= 0.6 is 27.3 Å². The second-order valence-corrected chi connectivity index (χ2v) is 5.03. The molecule has 0 aliphatic carbocycles. The highest BCUT2D eigenvalue weighted by Gasteiger charge is 2.01. The van der Waals surface area contributed by atoms with Gasteiger partial charge in [-0.25, -0.2) is 15.0 Å². The first kappa shape index (κ1) is 12.4. The largest absolute Gasteiger partial charge is 0.370 e. The van der Waals surface area contributed by atoms with Gasteiger partial charge in [-0.2, -0.15) is 0 Å². The molecular weight excluding hydrogens is 300 g/mol. The molecule has 17 heavy (non-hydrogen) atoms. The smallest absolute Gasteiger partial charge is 0.131 e. The second kappa shape index (κ2) is 6.07. The summed E-state index contributed by atoms with van der Waals surface area (Å²) in [5.74, 6) is 1.70. The van der Waals surface area contributed by atoms with Gasteiger partial charge in [-0.05, 0) is 15.9 Å². The van der Waals surface area contributed by atoms with Crippen molar-refractivity contribution in [2.24, 2.45) is 0 Å². The molecule has 0 radical (unpaired) electrons. The fourth-order valence-electron chi connectivity index (χ4n) is 1.39. The van der Waals surface area contributed by atoms with Crippen LogP contribution in [0.5, 0.6) is 0 Å². The van der Waals surface area contributed by atoms with Gasteiger partial charge in [0.05, 0.1) is 11.2 Å². The van der Waals surface area contributed by atoms with E-state index < -0.39 is 0 Å². The van der Waals surface area contributed by atoms with Crippen LogP contribution in [0.4, 0.5) is 5.82 Å². The second-order valence-electron chi connectivity index (χ2n) is 3.50. The Morgan fingerprint density at radius 3 is 3.00 bits per heavy atom. The van der Waals surface area contributed by atoms with Gasteiger partial charge in [0.1, 0.15) is 16.2 Å². The highest BCUT2D eigenvalue weighted by molar-refractivity contribution is 9.10. The molecule has 0 aliphatic rings. The molecule has 1 N–H and O–H groups in total. The SMILES string of the molecule is CCc1nc(Br)cc(NCCc2cscn2)n1. The van der Waals surface area contributed by atoms with Gasteiger partial charge in [0.2, 0.25) is 0 Å². The molecule has 0 aliphatic heterocycles. The molecule has 2 heterocycles. The number of nitrogens with zero attached hydrogens (tertiary/aromatic N) is 3. The average molecular weight is 313 g/mol. The molecular formula is C11H13BrN4S. The molecule has 4 nitrogen and oxygen atoms in total. The van der Waals surface area contributed by atoms with Gasteiger partial charge in [0.15, 0.2) is 0 Å². The van der Waals surface area contributed by atoms with E-state index in [0.29, 0.717) is 0 Å². The van der Waals surface area contributed by atoms with E-state index >= 15 is 0 Å². The Balaban J connectivity index is 1.92. The van der Waals surface area contributed by atoms with Gasteiger partial charge >= 0.3 is 0 Å². The van der Waals surface area contributed by atoms with Crippen molar-refractivity contribution in [2.45, 2.75) is 19.8 Å². The van der Waals surface area contributed by atoms with Crippen LogP contribution in [0, 0.1) is 0 Å². The summed E-state index contributed by atoms with van der Waals surface area (Å²) in [6.45, 7) is 2.87. The Labute approximate surface area is 113 Å². The maximum atomic E-state index is 4.40. The van der Waals surface area contributed by atoms with Crippen LogP contribution in [0.1, 0.15) is 18.4 Å². The topological polar surface area (TPSA) is 50.7 Å². The van der Waals surface area contributed by atoms with Crippen LogP contribution < -0.4 is 5.32 Å². The van der Waals surface area contributed by atoms with E-state index in [1.165, 1.54) is 0 Å². The number of nitrogens with one attached hydrogen (secondary N) is 1. The highest BCUT2D eigenvalue weighted by Crippen LogP contribution is 2.12. The van der Waals surface area contributed by atoms with E-state index in [0.717, 1.165) is 41.3 Å². The van der Waals surface area contributed by atoms with Crippen molar-refractivity contribution in [2.75, 3.05) is 11.9 Å². The molecule has 90 valence electrons. The average Bonchev–Trinajstić information content (AvgIpc) is 2.81. The Morgan fingerprint density at radius 2 is 2.29 bits per heavy atom. The van der Waals surface area contributed by atoms with E-state index in [1.807, 2.05) is 18.5 Å². The van der Waals surface area contributed by atoms with E-state index in [-0.39, 0.29) is 0 Å². The minimum Gasteiger partial charge on any atom is -0.370 e. The summed E-state index contributed by atoms with van der Waals surface area (Å²) in [6, 6.07) is 1.89. The summed E-state index contributed by atoms with van der Waals surface area (Å²) < 4.78 is 0.820. The van der Waals surface area contributed by atoms with E-state index in [9.17, 15) is 0 Å². The minimum absolute atomic E-state index is 0.820. The number of anilines is 1. The van der Waals surface area contributed by atoms with Gasteiger partial charge in [0, 0.05) is 30.8 Å². The van der Waals surface area contributed by atoms with Crippen LogP contribution in [0.3, 0.4) is 0 Å². The fraction of sp³-hybridized carbons (Fsp3) is 0.364. The van der Waals surface area contributed by atoms with Crippen LogP contribution in [0.2, 0.25) is 0 Å². The lowest BCUT2D eigenvalue weighted by Crippen LogP contribution is -2.08. The Bertz CT molecular complexity index is 472. The first-order chi connectivity index (χ1) is 8.28. The molecule has 0 atom stereocenters. The predicted molar refractivity (Wildman–Crippen MR) is 73.4 cm³/mol. The Morgan fingerprint density at radius 1 is 1.41 bits per heavy atom. The molecule has 2 aromatic heterocycles. The Hall–Kier alpha value is -1.01. The zero-order chi connectivity index (χ0) is 12.1. The number of aryl methyl sites for hydroxylation is 1. The van der Waals surface area contributed by atoms with Gasteiger partial charge in [-0.3, -0.25) is 0 Å². The summed E-state index contributed by atoms with van der Waals surface area (Å²) in [7, 11) is 0. The van der Waals surface area contributed by atoms with Gasteiger partial charge in [-0.15, -0.1) is 11.3 Å². The van der Waals surface area contributed by atoms with Crippen molar-refractivity contribution in [1.29, 1.82) is 0 Å². The maximum absolute atomic E-state index is 4.40. The van der Waals surface area contributed by atoms with Crippen molar-refractivity contribution in [3.63, 3.8) is 0 Å². The van der Waals surface area contributed by atoms with E-state index in [2.05, 4.69) is 41.6 Å². The first-order valence-corrected chi connectivity index (χ1v) is 7.16. The van der Waals surface area contributed by atoms with E-state index in [1.54, 1.807) is 11.3 Å². The number of thiazole rings is 1. The van der Waals surface area contributed by atoms with Crippen LogP contribution in [-0.2, 0) is 12.8 Å². The number of hydrogen-bond donors (Lipinski definition) is 1. The molecule has 2 rings (SSSR count). The summed E-state index contributed by atoms with van der Waals surface area (Å²) >= 11 is 5.00. The van der Waals surface area contributed by atoms with Crippen molar-refractivity contribution in [3.8, 4) is 0 Å². The third-order valence-corrected chi connectivity index (χ3v) is 3.27. The number of hydrogen-bond acceptors (Lipinski definition) is 5. The predicted octanol–water partition coefficient (Wildman–Crippen LogP) is 2.91. The molecule has 6 heteroatoms. The van der Waals surface area contributed by atoms with Gasteiger partial charge in [0.25, 0.3) is 0 Å². The number of aromatic nitrogens is 3. The minimum atomic E-state index is 0.820. The monoisotopic (exact) mass is 312 g/mol. The molecule has 0 spiro atoms. The normalized spacial score (nSPS) is 10.5. The third kappa shape index (κ3) is 3.74. The standard InChI is InChI=1S/C11H13BrN4S/c1-2-10-15-9(12)5-11(16-10)13-4-3-8-6-17-7-14-8/h5-7H,2-4H2,1H3,(H,13,15,16). The van der Waals surface area contributed by atoms with Gasteiger partial charge in [-0.1, -0.05) is 6.92 Å².